The number of nitrogens with zero attached hydrogens (tertiary/aromatic N) is 2. The van der Waals surface area contributed by atoms with Crippen LogP contribution in [0, 0.1) is 29.6 Å². The number of likely N-dealkylation sites (N-methyl/N-ethyl adjacent to an activating group) is 1. The van der Waals surface area contributed by atoms with Crippen molar-refractivity contribution in [1.82, 2.24) is 19.8 Å². The molecule has 9 heteroatoms. The molecule has 6 aliphatic rings. The maximum Gasteiger partial charge on any atom is 0.319 e. The Hall–Kier alpha value is -3.82. The minimum atomic E-state index is -0.718. The molecule has 10 atom stereocenters. The zero-order valence-electron chi connectivity index (χ0n) is 31.6. The molecule has 3 saturated heterocycles. The summed E-state index contributed by atoms with van der Waals surface area (Å²) in [4.78, 5) is 40.9. The number of ether oxygens (including phenoxy) is 3. The van der Waals surface area contributed by atoms with Crippen molar-refractivity contribution in [3.8, 4) is 5.75 Å². The lowest BCUT2D eigenvalue weighted by Gasteiger charge is -2.57. The summed E-state index contributed by atoms with van der Waals surface area (Å²) in [7, 11) is 7.06. The van der Waals surface area contributed by atoms with Crippen molar-refractivity contribution in [3.05, 3.63) is 64.5 Å². The maximum atomic E-state index is 14.2. The van der Waals surface area contributed by atoms with Gasteiger partial charge in [-0.1, -0.05) is 44.9 Å². The first-order valence-corrected chi connectivity index (χ1v) is 19.7. The molecule has 9 nitrogen and oxygen atoms in total. The first-order chi connectivity index (χ1) is 25.3. The number of hydrogen-bond donors (Lipinski definition) is 2. The zero-order chi connectivity index (χ0) is 36.1. The van der Waals surface area contributed by atoms with Crippen molar-refractivity contribution in [2.75, 3.05) is 48.0 Å². The number of nitrogens with one attached hydrogen (secondary N) is 2. The number of aromatic nitrogens is 2. The summed E-state index contributed by atoms with van der Waals surface area (Å²) in [6.07, 6.45) is 6.51. The van der Waals surface area contributed by atoms with Gasteiger partial charge in [0.25, 0.3) is 0 Å². The van der Waals surface area contributed by atoms with Gasteiger partial charge in [-0.3, -0.25) is 14.5 Å². The van der Waals surface area contributed by atoms with Crippen LogP contribution in [-0.2, 0) is 37.3 Å². The Morgan fingerprint density at radius 1 is 0.923 bits per heavy atom. The number of rotatable bonds is 6. The van der Waals surface area contributed by atoms with Gasteiger partial charge in [-0.15, -0.1) is 0 Å². The second-order valence-electron chi connectivity index (χ2n) is 16.7. The van der Waals surface area contributed by atoms with Crippen LogP contribution in [-0.4, -0.2) is 91.8 Å². The van der Waals surface area contributed by atoms with E-state index in [1.54, 1.807) is 21.3 Å². The van der Waals surface area contributed by atoms with Crippen LogP contribution in [0.3, 0.4) is 0 Å². The quantitative estimate of drug-likeness (QED) is 0.219. The molecule has 4 aliphatic heterocycles. The van der Waals surface area contributed by atoms with Gasteiger partial charge in [-0.05, 0) is 86.1 Å². The van der Waals surface area contributed by atoms with Gasteiger partial charge < -0.3 is 29.1 Å². The van der Waals surface area contributed by atoms with Crippen LogP contribution in [0.2, 0.25) is 0 Å². The summed E-state index contributed by atoms with van der Waals surface area (Å²) in [5, 5.41) is 2.39. The first kappa shape index (κ1) is 34.0. The molecule has 2 aromatic heterocycles. The van der Waals surface area contributed by atoms with E-state index in [0.29, 0.717) is 17.8 Å². The molecule has 2 aliphatic carbocycles. The van der Waals surface area contributed by atoms with Crippen LogP contribution in [0.5, 0.6) is 5.75 Å². The molecule has 2 unspecified atom stereocenters. The molecule has 10 rings (SSSR count). The molecule has 276 valence electrons. The largest absolute Gasteiger partial charge is 0.496 e. The number of H-pyrrole nitrogens is 2. The third-order valence-electron chi connectivity index (χ3n) is 14.6. The van der Waals surface area contributed by atoms with Gasteiger partial charge in [0.15, 0.2) is 0 Å². The predicted octanol–water partition coefficient (Wildman–Crippen LogP) is 6.57. The van der Waals surface area contributed by atoms with E-state index in [2.05, 4.69) is 77.1 Å². The predicted molar refractivity (Wildman–Crippen MR) is 202 cm³/mol. The highest BCUT2D eigenvalue weighted by atomic mass is 16.5. The third kappa shape index (κ3) is 4.73. The van der Waals surface area contributed by atoms with E-state index in [-0.39, 0.29) is 41.8 Å². The van der Waals surface area contributed by atoms with Crippen molar-refractivity contribution in [3.63, 3.8) is 0 Å². The number of hydrogen-bond acceptors (Lipinski definition) is 7. The number of aromatic amines is 2. The van der Waals surface area contributed by atoms with E-state index in [9.17, 15) is 9.59 Å². The molecule has 0 amide bonds. The van der Waals surface area contributed by atoms with Crippen molar-refractivity contribution in [1.29, 1.82) is 0 Å². The van der Waals surface area contributed by atoms with Gasteiger partial charge in [0, 0.05) is 82.5 Å². The van der Waals surface area contributed by atoms with Gasteiger partial charge in [0.2, 0.25) is 0 Å². The van der Waals surface area contributed by atoms with Crippen LogP contribution in [0.15, 0.2) is 36.4 Å². The minimum absolute atomic E-state index is 0.0355. The van der Waals surface area contributed by atoms with Crippen molar-refractivity contribution in [2.45, 2.75) is 82.2 Å². The summed E-state index contributed by atoms with van der Waals surface area (Å²) in [6.45, 7) is 7.49. The van der Waals surface area contributed by atoms with Crippen molar-refractivity contribution >= 4 is 33.7 Å². The molecular weight excluding hydrogens is 652 g/mol. The summed E-state index contributed by atoms with van der Waals surface area (Å²) in [5.41, 5.74) is 7.35. The second kappa shape index (κ2) is 12.7. The summed E-state index contributed by atoms with van der Waals surface area (Å²) < 4.78 is 17.6. The van der Waals surface area contributed by atoms with E-state index in [1.807, 2.05) is 0 Å². The molecule has 2 aromatic carbocycles. The zero-order valence-corrected chi connectivity index (χ0v) is 31.6. The Labute approximate surface area is 306 Å². The summed E-state index contributed by atoms with van der Waals surface area (Å²) in [6, 6.07) is 13.3. The van der Waals surface area contributed by atoms with Gasteiger partial charge in [-0.25, -0.2) is 0 Å². The van der Waals surface area contributed by atoms with Gasteiger partial charge in [0.05, 0.1) is 27.2 Å². The molecule has 4 fully saturated rings. The first-order valence-electron chi connectivity index (χ1n) is 19.7. The molecule has 6 bridgehead atoms. The standard InChI is InChI=1S/C43H54N4O5/c1-7-24-15-23-20-43(42(49)52-6)39-27(13-14-47(21-23)40(24)43)29-17-30(36(50-4)19-34(29)45-39)31-16-28-25(8-2)22-46(3)35(37(28)41(48)51-5)18-32-26-11-9-10-12-33(26)44-38(31)32/h9-12,17,19,23-25,28,31,35,37,40,44-45H,7-8,13-16,18,20-22H2,1-6H3/t23-,24+,25+,28+,31+,35+,37?,40+,43-/m1/s1. The van der Waals surface area contributed by atoms with E-state index in [4.69, 9.17) is 14.2 Å². The number of methoxy groups -OCH3 is 3. The number of benzene rings is 2. The smallest absolute Gasteiger partial charge is 0.319 e. The van der Waals surface area contributed by atoms with E-state index in [1.165, 1.54) is 34.0 Å². The SMILES string of the molecule is CC[C@H]1CN(C)[C@H]2Cc3c([nH]c4ccccc34)[C@H](c3cc4c5c([nH]c4cc3OC)[C@]3(C(=O)OC)C[C@H]4C[C@H](CC)[C@@H]3N(CC5)C4)C[C@@H]1C2C(=O)OC. The van der Waals surface area contributed by atoms with Crippen LogP contribution in [0.25, 0.3) is 21.8 Å². The fraction of sp³-hybridized carbons (Fsp3) is 0.581. The number of carbonyl (C=O) groups is 2. The normalized spacial score (nSPS) is 33.8. The Kier molecular flexibility index (Phi) is 8.27. The van der Waals surface area contributed by atoms with Gasteiger partial charge >= 0.3 is 11.9 Å². The molecule has 4 aromatic rings. The average molecular weight is 707 g/mol. The number of esters is 2. The van der Waals surface area contributed by atoms with Gasteiger partial charge in [-0.2, -0.15) is 0 Å². The molecule has 2 N–H and O–H groups in total. The number of carbonyl (C=O) groups excluding carboxylic acids is 2. The van der Waals surface area contributed by atoms with Crippen LogP contribution >= 0.6 is 0 Å². The Morgan fingerprint density at radius 3 is 2.48 bits per heavy atom. The summed E-state index contributed by atoms with van der Waals surface area (Å²) in [5.74, 6) is 1.78. The highest BCUT2D eigenvalue weighted by Gasteiger charge is 2.63. The number of fused-ring (bicyclic) bond motifs is 9. The van der Waals surface area contributed by atoms with Crippen molar-refractivity contribution in [2.24, 2.45) is 29.6 Å². The van der Waals surface area contributed by atoms with Crippen molar-refractivity contribution < 1.29 is 23.8 Å². The Bertz CT molecular complexity index is 2050. The van der Waals surface area contributed by atoms with E-state index in [0.717, 1.165) is 86.2 Å². The lowest BCUT2D eigenvalue weighted by Crippen LogP contribution is -2.67. The Morgan fingerprint density at radius 2 is 1.73 bits per heavy atom. The fourth-order valence-electron chi connectivity index (χ4n) is 12.4. The number of likely N-dealkylation sites (tertiary alicyclic amines) is 1. The molecule has 0 spiro atoms. The maximum absolute atomic E-state index is 14.2. The highest BCUT2D eigenvalue weighted by Crippen LogP contribution is 2.56. The summed E-state index contributed by atoms with van der Waals surface area (Å²) >= 11 is 0. The minimum Gasteiger partial charge on any atom is -0.496 e. The molecule has 6 heterocycles. The van der Waals surface area contributed by atoms with E-state index < -0.39 is 5.41 Å². The second-order valence-corrected chi connectivity index (χ2v) is 16.7. The van der Waals surface area contributed by atoms with Gasteiger partial charge in [0.1, 0.15) is 11.2 Å². The topological polar surface area (TPSA) is 99.9 Å². The third-order valence-corrected chi connectivity index (χ3v) is 14.6. The fourth-order valence-corrected chi connectivity index (χ4v) is 12.4. The molecule has 0 radical (unpaired) electrons. The molecule has 52 heavy (non-hydrogen) atoms. The van der Waals surface area contributed by atoms with Crippen LogP contribution in [0.1, 0.15) is 79.9 Å². The number of para-hydroxylation sites is 1. The van der Waals surface area contributed by atoms with Crippen LogP contribution < -0.4 is 4.74 Å². The lowest BCUT2D eigenvalue weighted by molar-refractivity contribution is -0.162. The lowest BCUT2D eigenvalue weighted by atomic mass is 9.56. The highest BCUT2D eigenvalue weighted by molar-refractivity contribution is 5.93. The molecular formula is C43H54N4O5. The molecule has 1 saturated carbocycles. The number of piperidine rings is 3. The Balaban J connectivity index is 1.27. The van der Waals surface area contributed by atoms with E-state index >= 15 is 0 Å². The monoisotopic (exact) mass is 706 g/mol. The van der Waals surface area contributed by atoms with Crippen LogP contribution in [0.4, 0.5) is 0 Å². The average Bonchev–Trinajstić information content (AvgIpc) is 3.69.